The van der Waals surface area contributed by atoms with Crippen molar-refractivity contribution in [2.75, 3.05) is 6.54 Å². The van der Waals surface area contributed by atoms with Crippen LogP contribution < -0.4 is 27.4 Å². The summed E-state index contributed by atoms with van der Waals surface area (Å²) in [5.41, 5.74) is 10.6. The van der Waals surface area contributed by atoms with E-state index >= 15 is 0 Å². The number of carboxylic acid groups (broad SMARTS) is 2. The fraction of sp³-hybridized carbons (Fsp3) is 0.647. The third-order valence-electron chi connectivity index (χ3n) is 4.34. The number of nitrogens with two attached hydrogens (primary N) is 2. The number of ether oxygens (including phenoxy) is 1. The van der Waals surface area contributed by atoms with Crippen molar-refractivity contribution in [2.24, 2.45) is 11.5 Å². The quantitative estimate of drug-likeness (QED) is 0.129. The highest BCUT2D eigenvalue weighted by Crippen LogP contribution is 2.21. The standard InChI is InChI=1S/C17H27N5O9/c1-2-3-8(21-14(26)7(18)4-5-10(23)24)15(27)22-9(17(29)30)6-20-16(28)12-11(31-12)13(19)25/h7-9,11-12H,2-6,18H2,1H3,(H2,19,25)(H,20,28)(H,21,26)(H,22,27)(H,23,24)(H,29,30)/t7-,8-,9-,11?,12?/m0/s1. The molecule has 0 spiro atoms. The molecule has 0 aromatic carbocycles. The van der Waals surface area contributed by atoms with Crippen molar-refractivity contribution < 1.29 is 43.7 Å². The molecular weight excluding hydrogens is 418 g/mol. The van der Waals surface area contributed by atoms with Gasteiger partial charge in [-0.3, -0.25) is 24.0 Å². The Kier molecular flexibility index (Phi) is 9.82. The van der Waals surface area contributed by atoms with Gasteiger partial charge in [0, 0.05) is 13.0 Å². The van der Waals surface area contributed by atoms with Crippen LogP contribution in [0.1, 0.15) is 32.6 Å². The molecule has 0 aromatic heterocycles. The van der Waals surface area contributed by atoms with Crippen LogP contribution in [0.3, 0.4) is 0 Å². The molecule has 9 N–H and O–H groups in total. The van der Waals surface area contributed by atoms with E-state index in [1.165, 1.54) is 0 Å². The molecule has 1 heterocycles. The second kappa shape index (κ2) is 11.8. The Morgan fingerprint density at radius 3 is 2.06 bits per heavy atom. The summed E-state index contributed by atoms with van der Waals surface area (Å²) >= 11 is 0. The molecule has 1 aliphatic heterocycles. The van der Waals surface area contributed by atoms with E-state index in [0.29, 0.717) is 6.42 Å². The van der Waals surface area contributed by atoms with Crippen molar-refractivity contribution in [3.05, 3.63) is 0 Å². The van der Waals surface area contributed by atoms with Crippen LogP contribution in [0, 0.1) is 0 Å². The molecule has 0 aliphatic carbocycles. The molecule has 5 atom stereocenters. The van der Waals surface area contributed by atoms with Crippen molar-refractivity contribution in [2.45, 2.75) is 62.9 Å². The lowest BCUT2D eigenvalue weighted by molar-refractivity contribution is -0.142. The zero-order valence-corrected chi connectivity index (χ0v) is 16.8. The van der Waals surface area contributed by atoms with Gasteiger partial charge >= 0.3 is 11.9 Å². The summed E-state index contributed by atoms with van der Waals surface area (Å²) in [6, 6.07) is -3.80. The summed E-state index contributed by atoms with van der Waals surface area (Å²) in [4.78, 5) is 69.4. The highest BCUT2D eigenvalue weighted by molar-refractivity contribution is 5.95. The van der Waals surface area contributed by atoms with E-state index in [9.17, 15) is 33.9 Å². The molecule has 1 fully saturated rings. The molecule has 14 nitrogen and oxygen atoms in total. The summed E-state index contributed by atoms with van der Waals surface area (Å²) in [5.74, 6) is -5.74. The lowest BCUT2D eigenvalue weighted by Crippen LogP contribution is -2.56. The smallest absolute Gasteiger partial charge is 0.328 e. The van der Waals surface area contributed by atoms with E-state index in [1.807, 2.05) is 0 Å². The van der Waals surface area contributed by atoms with Crippen molar-refractivity contribution in [3.63, 3.8) is 0 Å². The predicted molar refractivity (Wildman–Crippen MR) is 102 cm³/mol. The molecule has 0 aromatic rings. The van der Waals surface area contributed by atoms with Gasteiger partial charge in [0.2, 0.25) is 17.7 Å². The van der Waals surface area contributed by atoms with Gasteiger partial charge in [-0.25, -0.2) is 4.79 Å². The Labute approximate surface area is 177 Å². The Hall–Kier alpha value is -3.26. The van der Waals surface area contributed by atoms with E-state index in [0.717, 1.165) is 0 Å². The van der Waals surface area contributed by atoms with Crippen LogP contribution in [0.2, 0.25) is 0 Å². The molecule has 1 saturated heterocycles. The van der Waals surface area contributed by atoms with E-state index in [4.69, 9.17) is 21.3 Å². The monoisotopic (exact) mass is 445 g/mol. The van der Waals surface area contributed by atoms with Gasteiger partial charge in [0.25, 0.3) is 5.91 Å². The third-order valence-corrected chi connectivity index (χ3v) is 4.34. The summed E-state index contributed by atoms with van der Waals surface area (Å²) < 4.78 is 4.77. The minimum Gasteiger partial charge on any atom is -0.481 e. The number of primary amides is 1. The molecule has 0 saturated carbocycles. The van der Waals surface area contributed by atoms with Crippen LogP contribution in [0.4, 0.5) is 0 Å². The maximum Gasteiger partial charge on any atom is 0.328 e. The maximum absolute atomic E-state index is 12.5. The zero-order valence-electron chi connectivity index (χ0n) is 16.8. The van der Waals surface area contributed by atoms with Gasteiger partial charge in [-0.2, -0.15) is 0 Å². The first kappa shape index (κ1) is 25.8. The van der Waals surface area contributed by atoms with Crippen molar-refractivity contribution in [1.29, 1.82) is 0 Å². The predicted octanol–water partition coefficient (Wildman–Crippen LogP) is -3.60. The Bertz CT molecular complexity index is 729. The molecule has 1 aliphatic rings. The van der Waals surface area contributed by atoms with Crippen LogP contribution in [-0.2, 0) is 33.5 Å². The van der Waals surface area contributed by atoms with Crippen LogP contribution >= 0.6 is 0 Å². The minimum atomic E-state index is -1.53. The highest BCUT2D eigenvalue weighted by Gasteiger charge is 2.49. The normalized spacial score (nSPS) is 19.9. The zero-order chi connectivity index (χ0) is 23.7. The van der Waals surface area contributed by atoms with Gasteiger partial charge in [-0.1, -0.05) is 13.3 Å². The van der Waals surface area contributed by atoms with Crippen molar-refractivity contribution >= 4 is 35.6 Å². The van der Waals surface area contributed by atoms with Crippen molar-refractivity contribution in [3.8, 4) is 0 Å². The second-order valence-corrected chi connectivity index (χ2v) is 6.91. The molecule has 14 heteroatoms. The van der Waals surface area contributed by atoms with Gasteiger partial charge in [-0.05, 0) is 12.8 Å². The average Bonchev–Trinajstić information content (AvgIpc) is 3.49. The average molecular weight is 445 g/mol. The summed E-state index contributed by atoms with van der Waals surface area (Å²) in [6.07, 6.45) is -2.03. The number of hydrogen-bond donors (Lipinski definition) is 7. The Balaban J connectivity index is 2.64. The number of epoxide rings is 1. The number of carbonyl (C=O) groups excluding carboxylic acids is 4. The first-order valence-corrected chi connectivity index (χ1v) is 9.51. The third kappa shape index (κ3) is 8.55. The lowest BCUT2D eigenvalue weighted by atomic mass is 10.1. The lowest BCUT2D eigenvalue weighted by Gasteiger charge is -2.22. The molecule has 31 heavy (non-hydrogen) atoms. The second-order valence-electron chi connectivity index (χ2n) is 6.91. The summed E-state index contributed by atoms with van der Waals surface area (Å²) in [7, 11) is 0. The molecule has 0 radical (unpaired) electrons. The van der Waals surface area contributed by atoms with Crippen molar-refractivity contribution in [1.82, 2.24) is 16.0 Å². The minimum absolute atomic E-state index is 0.138. The molecule has 2 unspecified atom stereocenters. The Morgan fingerprint density at radius 2 is 1.58 bits per heavy atom. The van der Waals surface area contributed by atoms with E-state index < -0.39 is 72.4 Å². The topological polar surface area (TPSA) is 244 Å². The van der Waals surface area contributed by atoms with Gasteiger partial charge < -0.3 is 42.4 Å². The maximum atomic E-state index is 12.5. The van der Waals surface area contributed by atoms with Gasteiger partial charge in [-0.15, -0.1) is 0 Å². The molecule has 0 bridgehead atoms. The first-order valence-electron chi connectivity index (χ1n) is 9.51. The fourth-order valence-electron chi connectivity index (χ4n) is 2.55. The highest BCUT2D eigenvalue weighted by atomic mass is 16.6. The molecule has 174 valence electrons. The van der Waals surface area contributed by atoms with Gasteiger partial charge in [0.1, 0.15) is 12.1 Å². The van der Waals surface area contributed by atoms with E-state index in [1.54, 1.807) is 6.92 Å². The number of carboxylic acids is 2. The first-order chi connectivity index (χ1) is 14.5. The number of amides is 4. The number of nitrogens with one attached hydrogen (secondary N) is 3. The summed E-state index contributed by atoms with van der Waals surface area (Å²) in [5, 5.41) is 24.8. The van der Waals surface area contributed by atoms with Crippen LogP contribution in [0.15, 0.2) is 0 Å². The number of carbonyl (C=O) groups is 6. The van der Waals surface area contributed by atoms with Gasteiger partial charge in [0.05, 0.1) is 6.04 Å². The SMILES string of the molecule is CCC[C@H](NC(=O)[C@@H](N)CCC(=O)O)C(=O)N[C@@H](CNC(=O)C1OC1C(N)=O)C(=O)O. The summed E-state index contributed by atoms with van der Waals surface area (Å²) in [6.45, 7) is 1.23. The van der Waals surface area contributed by atoms with Crippen LogP contribution in [0.5, 0.6) is 0 Å². The molecule has 1 rings (SSSR count). The number of rotatable bonds is 14. The van der Waals surface area contributed by atoms with E-state index in [2.05, 4.69) is 16.0 Å². The largest absolute Gasteiger partial charge is 0.481 e. The molecular formula is C17H27N5O9. The fourth-order valence-corrected chi connectivity index (χ4v) is 2.55. The number of aliphatic carboxylic acids is 2. The van der Waals surface area contributed by atoms with Crippen LogP contribution in [-0.4, -0.2) is 82.7 Å². The number of hydrogen-bond acceptors (Lipinski definition) is 8. The molecule has 4 amide bonds. The van der Waals surface area contributed by atoms with E-state index in [-0.39, 0.29) is 19.3 Å². The van der Waals surface area contributed by atoms with Gasteiger partial charge in [0.15, 0.2) is 12.2 Å². The van der Waals surface area contributed by atoms with Crippen LogP contribution in [0.25, 0.3) is 0 Å². The Morgan fingerprint density at radius 1 is 0.968 bits per heavy atom.